The normalized spacial score (nSPS) is 20.4. The quantitative estimate of drug-likeness (QED) is 0.814. The van der Waals surface area contributed by atoms with Gasteiger partial charge in [-0.3, -0.25) is 4.90 Å². The van der Waals surface area contributed by atoms with Gasteiger partial charge in [0, 0.05) is 6.04 Å². The number of fused-ring (bicyclic) bond motifs is 1. The molecule has 1 unspecified atom stereocenters. The molecule has 0 heterocycles. The first-order valence-electron chi connectivity index (χ1n) is 9.66. The van der Waals surface area contributed by atoms with Crippen molar-refractivity contribution >= 4 is 12.1 Å². The molecule has 27 heavy (non-hydrogen) atoms. The fraction of sp³-hybridized carbons (Fsp3) is 0.619. The highest BCUT2D eigenvalue weighted by Crippen LogP contribution is 2.46. The number of phenols is 1. The van der Waals surface area contributed by atoms with Gasteiger partial charge >= 0.3 is 12.1 Å². The van der Waals surface area contributed by atoms with Crippen molar-refractivity contribution in [3.05, 3.63) is 29.3 Å². The molecule has 0 bridgehead atoms. The molecule has 1 amide bonds. The fourth-order valence-electron chi connectivity index (χ4n) is 3.85. The molecule has 2 aliphatic carbocycles. The van der Waals surface area contributed by atoms with Crippen molar-refractivity contribution in [3.63, 3.8) is 0 Å². The standard InChI is InChI=1S/C21H29NO5/c1-5-26-18(24)21(10-11-21)22(19(25)27-20(2,3)4)16-8-6-15-13-17(23)9-7-14(15)12-16/h7,9,13,16,23H,5-6,8,10-12H2,1-4H3. The van der Waals surface area contributed by atoms with Crippen LogP contribution < -0.4 is 0 Å². The van der Waals surface area contributed by atoms with E-state index in [9.17, 15) is 14.7 Å². The number of nitrogens with zero attached hydrogens (tertiary/aromatic N) is 1. The minimum atomic E-state index is -0.905. The number of ether oxygens (including phenoxy) is 2. The van der Waals surface area contributed by atoms with Crippen LogP contribution in [-0.4, -0.2) is 45.9 Å². The summed E-state index contributed by atoms with van der Waals surface area (Å²) in [4.78, 5) is 27.4. The van der Waals surface area contributed by atoms with Crippen molar-refractivity contribution in [3.8, 4) is 5.75 Å². The summed E-state index contributed by atoms with van der Waals surface area (Å²) in [5.41, 5.74) is 0.643. The van der Waals surface area contributed by atoms with Gasteiger partial charge < -0.3 is 14.6 Å². The third-order valence-corrected chi connectivity index (χ3v) is 5.19. The zero-order valence-electron chi connectivity index (χ0n) is 16.6. The van der Waals surface area contributed by atoms with Gasteiger partial charge in [-0.25, -0.2) is 9.59 Å². The first-order chi connectivity index (χ1) is 12.7. The molecule has 0 aromatic heterocycles. The molecule has 1 atom stereocenters. The molecule has 0 saturated heterocycles. The van der Waals surface area contributed by atoms with E-state index >= 15 is 0 Å². The second-order valence-corrected chi connectivity index (χ2v) is 8.45. The zero-order valence-corrected chi connectivity index (χ0v) is 16.6. The van der Waals surface area contributed by atoms with Crippen molar-refractivity contribution in [1.82, 2.24) is 4.90 Å². The first-order valence-corrected chi connectivity index (χ1v) is 9.66. The van der Waals surface area contributed by atoms with E-state index in [1.54, 1.807) is 24.0 Å². The number of esters is 1. The molecule has 6 nitrogen and oxygen atoms in total. The van der Waals surface area contributed by atoms with Crippen LogP contribution in [0.3, 0.4) is 0 Å². The van der Waals surface area contributed by atoms with Crippen molar-refractivity contribution in [2.24, 2.45) is 0 Å². The monoisotopic (exact) mass is 375 g/mol. The highest BCUT2D eigenvalue weighted by molar-refractivity contribution is 5.89. The van der Waals surface area contributed by atoms with Crippen molar-refractivity contribution in [2.45, 2.75) is 77.0 Å². The topological polar surface area (TPSA) is 76.1 Å². The highest BCUT2D eigenvalue weighted by Gasteiger charge is 2.60. The van der Waals surface area contributed by atoms with E-state index in [0.717, 1.165) is 24.0 Å². The van der Waals surface area contributed by atoms with Gasteiger partial charge in [-0.05, 0) is 83.1 Å². The van der Waals surface area contributed by atoms with E-state index in [2.05, 4.69) is 0 Å². The van der Waals surface area contributed by atoms with Gasteiger partial charge in [0.05, 0.1) is 6.61 Å². The Morgan fingerprint density at radius 2 is 1.96 bits per heavy atom. The number of aryl methyl sites for hydroxylation is 1. The summed E-state index contributed by atoms with van der Waals surface area (Å²) >= 11 is 0. The number of hydrogen-bond donors (Lipinski definition) is 1. The van der Waals surface area contributed by atoms with E-state index in [4.69, 9.17) is 9.47 Å². The molecule has 2 aliphatic rings. The summed E-state index contributed by atoms with van der Waals surface area (Å²) in [5.74, 6) is -0.0891. The third kappa shape index (κ3) is 4.04. The molecule has 1 fully saturated rings. The lowest BCUT2D eigenvalue weighted by molar-refractivity contribution is -0.152. The molecule has 3 rings (SSSR count). The molecule has 1 saturated carbocycles. The van der Waals surface area contributed by atoms with Gasteiger partial charge in [-0.15, -0.1) is 0 Å². The molecular formula is C21H29NO5. The molecule has 6 heteroatoms. The Balaban J connectivity index is 1.90. The SMILES string of the molecule is CCOC(=O)C1(N(C(=O)OC(C)(C)C)C2CCc3cc(O)ccc3C2)CC1. The Bertz CT molecular complexity index is 733. The van der Waals surface area contributed by atoms with Gasteiger partial charge in [0.15, 0.2) is 0 Å². The van der Waals surface area contributed by atoms with Gasteiger partial charge in [0.25, 0.3) is 0 Å². The Morgan fingerprint density at radius 1 is 1.26 bits per heavy atom. The van der Waals surface area contributed by atoms with Crippen LogP contribution in [0, 0.1) is 0 Å². The number of carbonyl (C=O) groups is 2. The zero-order chi connectivity index (χ0) is 19.8. The van der Waals surface area contributed by atoms with Crippen LogP contribution in [0.2, 0.25) is 0 Å². The molecule has 1 aromatic carbocycles. The van der Waals surface area contributed by atoms with Gasteiger partial charge in [0.1, 0.15) is 16.9 Å². The van der Waals surface area contributed by atoms with E-state index in [0.29, 0.717) is 19.3 Å². The largest absolute Gasteiger partial charge is 0.508 e. The molecule has 0 spiro atoms. The average molecular weight is 375 g/mol. The maximum Gasteiger partial charge on any atom is 0.411 e. The van der Waals surface area contributed by atoms with E-state index in [-0.39, 0.29) is 24.4 Å². The van der Waals surface area contributed by atoms with Crippen LogP contribution in [0.15, 0.2) is 18.2 Å². The minimum Gasteiger partial charge on any atom is -0.508 e. The molecule has 0 radical (unpaired) electrons. The number of phenolic OH excluding ortho intramolecular Hbond substituents is 1. The lowest BCUT2D eigenvalue weighted by atomic mass is 9.86. The molecule has 1 aromatic rings. The summed E-state index contributed by atoms with van der Waals surface area (Å²) in [6.07, 6.45) is 2.84. The maximum absolute atomic E-state index is 13.1. The number of rotatable bonds is 4. The summed E-state index contributed by atoms with van der Waals surface area (Å²) < 4.78 is 10.9. The summed E-state index contributed by atoms with van der Waals surface area (Å²) in [6.45, 7) is 7.54. The minimum absolute atomic E-state index is 0.135. The Hall–Kier alpha value is -2.24. The third-order valence-electron chi connectivity index (χ3n) is 5.19. The maximum atomic E-state index is 13.1. The van der Waals surface area contributed by atoms with Crippen LogP contribution in [0.4, 0.5) is 4.79 Å². The average Bonchev–Trinajstić information content (AvgIpc) is 3.35. The smallest absolute Gasteiger partial charge is 0.411 e. The van der Waals surface area contributed by atoms with E-state index in [1.807, 2.05) is 26.8 Å². The molecular weight excluding hydrogens is 346 g/mol. The summed E-state index contributed by atoms with van der Waals surface area (Å²) in [6, 6.07) is 5.20. The second-order valence-electron chi connectivity index (χ2n) is 8.45. The van der Waals surface area contributed by atoms with Crippen LogP contribution in [0.5, 0.6) is 5.75 Å². The number of hydrogen-bond acceptors (Lipinski definition) is 5. The van der Waals surface area contributed by atoms with Gasteiger partial charge in [-0.2, -0.15) is 0 Å². The molecule has 0 aliphatic heterocycles. The number of benzene rings is 1. The van der Waals surface area contributed by atoms with Crippen molar-refractivity contribution in [1.29, 1.82) is 0 Å². The summed E-state index contributed by atoms with van der Waals surface area (Å²) in [7, 11) is 0. The van der Waals surface area contributed by atoms with Crippen molar-refractivity contribution in [2.75, 3.05) is 6.61 Å². The Morgan fingerprint density at radius 3 is 2.56 bits per heavy atom. The lowest BCUT2D eigenvalue weighted by Crippen LogP contribution is -2.56. The van der Waals surface area contributed by atoms with Crippen LogP contribution in [0.1, 0.15) is 58.1 Å². The highest BCUT2D eigenvalue weighted by atomic mass is 16.6. The van der Waals surface area contributed by atoms with Gasteiger partial charge in [-0.1, -0.05) is 6.07 Å². The van der Waals surface area contributed by atoms with Crippen LogP contribution in [0.25, 0.3) is 0 Å². The Kier molecular flexibility index (Phi) is 5.10. The number of carbonyl (C=O) groups excluding carboxylic acids is 2. The van der Waals surface area contributed by atoms with E-state index < -0.39 is 17.2 Å². The lowest BCUT2D eigenvalue weighted by Gasteiger charge is -2.40. The van der Waals surface area contributed by atoms with E-state index in [1.165, 1.54) is 0 Å². The number of aromatic hydroxyl groups is 1. The molecule has 1 N–H and O–H groups in total. The first kappa shape index (κ1) is 19.5. The number of amides is 1. The van der Waals surface area contributed by atoms with Crippen LogP contribution in [-0.2, 0) is 27.1 Å². The predicted octanol–water partition coefficient (Wildman–Crippen LogP) is 3.58. The van der Waals surface area contributed by atoms with Crippen molar-refractivity contribution < 1.29 is 24.2 Å². The van der Waals surface area contributed by atoms with Gasteiger partial charge in [0.2, 0.25) is 0 Å². The predicted molar refractivity (Wildman–Crippen MR) is 101 cm³/mol. The van der Waals surface area contributed by atoms with Crippen LogP contribution >= 0.6 is 0 Å². The Labute approximate surface area is 160 Å². The second kappa shape index (κ2) is 7.06. The molecule has 148 valence electrons. The summed E-state index contributed by atoms with van der Waals surface area (Å²) in [5, 5.41) is 9.70. The fourth-order valence-corrected chi connectivity index (χ4v) is 3.85.